The van der Waals surface area contributed by atoms with Crippen LogP contribution in [0.1, 0.15) is 61.8 Å². The van der Waals surface area contributed by atoms with E-state index in [2.05, 4.69) is 107 Å². The first kappa shape index (κ1) is 33.8. The second kappa shape index (κ2) is 14.5. The third-order valence-electron chi connectivity index (χ3n) is 8.52. The Morgan fingerprint density at radius 2 is 1.34 bits per heavy atom. The van der Waals surface area contributed by atoms with E-state index in [1.807, 2.05) is 54.7 Å². The van der Waals surface area contributed by atoms with E-state index in [-0.39, 0.29) is 26.8 Å². The van der Waals surface area contributed by atoms with Crippen LogP contribution in [0.5, 0.6) is 5.75 Å². The molecule has 0 amide bonds. The quantitative estimate of drug-likeness (QED) is 0.156. The first-order chi connectivity index (χ1) is 22.2. The van der Waals surface area contributed by atoms with Crippen LogP contribution in [0.4, 0.5) is 17.2 Å². The molecule has 0 fully saturated rings. The molecule has 0 unspecified atom stereocenters. The zero-order chi connectivity index (χ0) is 32.4. The van der Waals surface area contributed by atoms with E-state index in [0.717, 1.165) is 45.3 Å². The number of aromatic hydroxyl groups is 1. The third kappa shape index (κ3) is 7.24. The number of pyridine rings is 2. The Bertz CT molecular complexity index is 1970. The van der Waals surface area contributed by atoms with Gasteiger partial charge in [0.2, 0.25) is 0 Å². The van der Waals surface area contributed by atoms with Crippen molar-refractivity contribution >= 4 is 17.2 Å². The van der Waals surface area contributed by atoms with E-state index in [1.165, 1.54) is 27.8 Å². The summed E-state index contributed by atoms with van der Waals surface area (Å²) in [5, 5.41) is 10.7. The molecule has 0 saturated heterocycles. The van der Waals surface area contributed by atoms with Gasteiger partial charge in [0.15, 0.2) is 0 Å². The predicted octanol–water partition coefficient (Wildman–Crippen LogP) is 11.3. The van der Waals surface area contributed by atoms with Gasteiger partial charge in [0, 0.05) is 32.9 Å². The summed E-state index contributed by atoms with van der Waals surface area (Å²) in [7, 11) is 0. The Morgan fingerprint density at radius 3 is 2.02 bits per heavy atom. The number of phenolic OH excluding ortho intramolecular Hbond substituents is 1. The van der Waals surface area contributed by atoms with Gasteiger partial charge in [0.25, 0.3) is 0 Å². The smallest absolute Gasteiger partial charge is 0.136 e. The van der Waals surface area contributed by atoms with Crippen LogP contribution in [0.25, 0.3) is 33.6 Å². The van der Waals surface area contributed by atoms with Gasteiger partial charge in [-0.2, -0.15) is 0 Å². The van der Waals surface area contributed by atoms with Crippen LogP contribution in [0.15, 0.2) is 115 Å². The fourth-order valence-electron chi connectivity index (χ4n) is 5.98. The molecular formula is C42H40N3OPt-. The molecule has 240 valence electrons. The van der Waals surface area contributed by atoms with Gasteiger partial charge < -0.3 is 10.0 Å². The number of phenols is 1. The van der Waals surface area contributed by atoms with E-state index in [1.54, 1.807) is 6.07 Å². The van der Waals surface area contributed by atoms with Crippen LogP contribution in [-0.2, 0) is 21.1 Å². The van der Waals surface area contributed by atoms with Crippen molar-refractivity contribution in [3.05, 3.63) is 144 Å². The summed E-state index contributed by atoms with van der Waals surface area (Å²) in [6, 6.07) is 40.5. The fraction of sp³-hybridized carbons (Fsp3) is 0.190. The second-order valence-electron chi connectivity index (χ2n) is 12.5. The minimum atomic E-state index is 0. The van der Waals surface area contributed by atoms with E-state index in [9.17, 15) is 5.11 Å². The Labute approximate surface area is 293 Å². The van der Waals surface area contributed by atoms with Crippen molar-refractivity contribution in [1.82, 2.24) is 9.97 Å². The number of para-hydroxylation sites is 1. The number of rotatable bonds is 8. The largest absolute Gasteiger partial charge is 0.517 e. The second-order valence-corrected chi connectivity index (χ2v) is 12.5. The first-order valence-electron chi connectivity index (χ1n) is 16.0. The van der Waals surface area contributed by atoms with Crippen LogP contribution in [-0.4, -0.2) is 15.1 Å². The summed E-state index contributed by atoms with van der Waals surface area (Å²) in [4.78, 5) is 12.2. The predicted molar refractivity (Wildman–Crippen MR) is 191 cm³/mol. The minimum absolute atomic E-state index is 0. The van der Waals surface area contributed by atoms with Crippen LogP contribution in [0.2, 0.25) is 0 Å². The van der Waals surface area contributed by atoms with Crippen molar-refractivity contribution in [3.63, 3.8) is 0 Å². The molecule has 5 heteroatoms. The molecule has 0 bridgehead atoms. The Kier molecular flexibility index (Phi) is 10.4. The molecule has 2 aromatic heterocycles. The van der Waals surface area contributed by atoms with Crippen LogP contribution >= 0.6 is 0 Å². The molecule has 0 saturated carbocycles. The molecule has 4 nitrogen and oxygen atoms in total. The molecule has 0 aliphatic rings. The van der Waals surface area contributed by atoms with Gasteiger partial charge in [-0.15, -0.1) is 29.8 Å². The number of nitrogens with zero attached hydrogens (tertiary/aromatic N) is 3. The standard InChI is InChI=1S/C42H40N3O.Pt/c1-27(2)33-22-34(28(3)4)25-36(24-33)45(35-15-10-14-31(23-35)37-16-7-8-18-40(37)46)41-19-11-17-38(44-41)39-26-32(20-21-43-39)42-29(5)12-9-13-30(42)6;/h7-22,24-28,46H,1-6H3;/q-1;. The van der Waals surface area contributed by atoms with Gasteiger partial charge in [0.1, 0.15) is 5.82 Å². The van der Waals surface area contributed by atoms with Crippen molar-refractivity contribution in [2.75, 3.05) is 4.90 Å². The van der Waals surface area contributed by atoms with Crippen molar-refractivity contribution in [2.24, 2.45) is 0 Å². The number of hydrogen-bond acceptors (Lipinski definition) is 4. The van der Waals surface area contributed by atoms with E-state index in [0.29, 0.717) is 11.8 Å². The fourth-order valence-corrected chi connectivity index (χ4v) is 5.98. The third-order valence-corrected chi connectivity index (χ3v) is 8.52. The van der Waals surface area contributed by atoms with Crippen molar-refractivity contribution in [2.45, 2.75) is 53.4 Å². The summed E-state index contributed by atoms with van der Waals surface area (Å²) in [6.07, 6.45) is 1.87. The molecule has 0 spiro atoms. The van der Waals surface area contributed by atoms with E-state index >= 15 is 0 Å². The van der Waals surface area contributed by atoms with Crippen LogP contribution in [0.3, 0.4) is 0 Å². The molecule has 0 aliphatic carbocycles. The zero-order valence-corrected chi connectivity index (χ0v) is 30.0. The van der Waals surface area contributed by atoms with Gasteiger partial charge >= 0.3 is 0 Å². The number of aryl methyl sites for hydroxylation is 2. The summed E-state index contributed by atoms with van der Waals surface area (Å²) < 4.78 is 0. The normalized spacial score (nSPS) is 11.1. The molecule has 2 heterocycles. The van der Waals surface area contributed by atoms with Crippen molar-refractivity contribution in [1.29, 1.82) is 0 Å². The molecular weight excluding hydrogens is 758 g/mol. The summed E-state index contributed by atoms with van der Waals surface area (Å²) >= 11 is 0. The average Bonchev–Trinajstić information content (AvgIpc) is 3.05. The minimum Gasteiger partial charge on any atom is -0.517 e. The zero-order valence-electron chi connectivity index (χ0n) is 27.7. The van der Waals surface area contributed by atoms with E-state index < -0.39 is 0 Å². The Balaban J connectivity index is 0.00000433. The van der Waals surface area contributed by atoms with Gasteiger partial charge in [-0.05, 0) is 107 Å². The van der Waals surface area contributed by atoms with Crippen LogP contribution < -0.4 is 4.90 Å². The molecule has 6 aromatic rings. The molecule has 4 aromatic carbocycles. The maximum atomic E-state index is 10.7. The number of benzene rings is 4. The Hall–Kier alpha value is -4.53. The van der Waals surface area contributed by atoms with Gasteiger partial charge in [-0.25, -0.2) is 4.98 Å². The summed E-state index contributed by atoms with van der Waals surface area (Å²) in [5.74, 6) is 1.69. The molecule has 0 aliphatic heterocycles. The topological polar surface area (TPSA) is 49.2 Å². The maximum Gasteiger partial charge on any atom is 0.136 e. The summed E-state index contributed by atoms with van der Waals surface area (Å²) in [5.41, 5.74) is 12.3. The molecule has 0 atom stereocenters. The average molecular weight is 798 g/mol. The molecule has 47 heavy (non-hydrogen) atoms. The van der Waals surface area contributed by atoms with Crippen molar-refractivity contribution in [3.8, 4) is 39.4 Å². The molecule has 6 rings (SSSR count). The summed E-state index contributed by atoms with van der Waals surface area (Å²) in [6.45, 7) is 13.2. The van der Waals surface area contributed by atoms with Gasteiger partial charge in [-0.3, -0.25) is 4.98 Å². The number of anilines is 3. The van der Waals surface area contributed by atoms with Gasteiger partial charge in [-0.1, -0.05) is 81.8 Å². The molecule has 1 N–H and O–H groups in total. The van der Waals surface area contributed by atoms with Crippen LogP contribution in [0, 0.1) is 19.9 Å². The Morgan fingerprint density at radius 1 is 0.681 bits per heavy atom. The first-order valence-corrected chi connectivity index (χ1v) is 16.0. The van der Waals surface area contributed by atoms with Crippen molar-refractivity contribution < 1.29 is 26.2 Å². The number of aromatic nitrogens is 2. The molecule has 0 radical (unpaired) electrons. The maximum absolute atomic E-state index is 10.7. The SMILES string of the molecule is Cc1cccc(C)c1-c1ccnc(-c2cccc(N(c3[c-]c(-c4ccccc4O)ccc3)c3cc(C(C)C)cc(C(C)C)c3)n2)c1.[Pt]. The van der Waals surface area contributed by atoms with Gasteiger partial charge in [0.05, 0.1) is 17.1 Å². The number of hydrogen-bond donors (Lipinski definition) is 1. The van der Waals surface area contributed by atoms with E-state index in [4.69, 9.17) is 9.97 Å². The monoisotopic (exact) mass is 797 g/mol.